The zero-order valence-electron chi connectivity index (χ0n) is 18.8. The number of para-hydroxylation sites is 1. The number of anilines is 2. The standard InChI is InChI=1S/C28H22F2N4O/c1-17-26(27(25-12-6-7-15-31-25)34-24-11-5-4-10-22(24)30)20-16-18(13-14-23(20)32-17)33-28(35)19-8-2-3-9-21(19)29/h2-16,27,32,34H,1H3,(H,33,35). The van der Waals surface area contributed by atoms with Gasteiger partial charge in [-0.3, -0.25) is 9.78 Å². The Hall–Kier alpha value is -4.52. The molecule has 0 saturated carbocycles. The van der Waals surface area contributed by atoms with Gasteiger partial charge in [0.1, 0.15) is 11.6 Å². The number of amides is 1. The lowest BCUT2D eigenvalue weighted by molar-refractivity contribution is 0.102. The van der Waals surface area contributed by atoms with E-state index in [4.69, 9.17) is 0 Å². The molecule has 2 heterocycles. The minimum Gasteiger partial charge on any atom is -0.370 e. The summed E-state index contributed by atoms with van der Waals surface area (Å²) in [6.45, 7) is 1.94. The van der Waals surface area contributed by atoms with Gasteiger partial charge in [-0.15, -0.1) is 0 Å². The van der Waals surface area contributed by atoms with Gasteiger partial charge in [0.25, 0.3) is 5.91 Å². The van der Waals surface area contributed by atoms with Crippen molar-refractivity contribution < 1.29 is 13.6 Å². The van der Waals surface area contributed by atoms with Gasteiger partial charge in [-0.05, 0) is 61.5 Å². The molecule has 0 aliphatic carbocycles. The van der Waals surface area contributed by atoms with Crippen LogP contribution in [0.1, 0.15) is 33.4 Å². The molecule has 0 spiro atoms. The first-order chi connectivity index (χ1) is 17.0. The van der Waals surface area contributed by atoms with Gasteiger partial charge in [-0.1, -0.05) is 30.3 Å². The van der Waals surface area contributed by atoms with Crippen molar-refractivity contribution in [1.82, 2.24) is 9.97 Å². The average molecular weight is 469 g/mol. The van der Waals surface area contributed by atoms with Crippen molar-refractivity contribution in [1.29, 1.82) is 0 Å². The smallest absolute Gasteiger partial charge is 0.258 e. The number of H-pyrrole nitrogens is 1. The summed E-state index contributed by atoms with van der Waals surface area (Å²) >= 11 is 0. The Labute approximate surface area is 200 Å². The van der Waals surface area contributed by atoms with E-state index in [2.05, 4.69) is 20.6 Å². The Bertz CT molecular complexity index is 1510. The summed E-state index contributed by atoms with van der Waals surface area (Å²) in [5, 5.41) is 6.90. The van der Waals surface area contributed by atoms with Crippen LogP contribution in [0.2, 0.25) is 0 Å². The van der Waals surface area contributed by atoms with E-state index in [1.807, 2.05) is 37.3 Å². The molecule has 1 unspecified atom stereocenters. The summed E-state index contributed by atoms with van der Waals surface area (Å²) < 4.78 is 28.6. The number of pyridine rings is 1. The Morgan fingerprint density at radius 2 is 1.66 bits per heavy atom. The maximum atomic E-state index is 14.6. The predicted molar refractivity (Wildman–Crippen MR) is 133 cm³/mol. The van der Waals surface area contributed by atoms with Crippen LogP contribution in [0, 0.1) is 18.6 Å². The third-order valence-electron chi connectivity index (χ3n) is 5.86. The molecule has 0 radical (unpaired) electrons. The largest absolute Gasteiger partial charge is 0.370 e. The van der Waals surface area contributed by atoms with Crippen LogP contribution in [0.5, 0.6) is 0 Å². The van der Waals surface area contributed by atoms with E-state index in [1.165, 1.54) is 24.3 Å². The lowest BCUT2D eigenvalue weighted by Gasteiger charge is -2.21. The number of hydrogen-bond acceptors (Lipinski definition) is 3. The second-order valence-corrected chi connectivity index (χ2v) is 8.17. The van der Waals surface area contributed by atoms with Crippen molar-refractivity contribution in [2.45, 2.75) is 13.0 Å². The molecule has 5 nitrogen and oxygen atoms in total. The van der Waals surface area contributed by atoms with E-state index in [9.17, 15) is 13.6 Å². The number of carbonyl (C=O) groups is 1. The summed E-state index contributed by atoms with van der Waals surface area (Å²) in [5.74, 6) is -1.50. The average Bonchev–Trinajstić information content (AvgIpc) is 3.19. The number of rotatable bonds is 6. The number of aromatic amines is 1. The molecule has 2 aromatic heterocycles. The Morgan fingerprint density at radius 3 is 2.40 bits per heavy atom. The highest BCUT2D eigenvalue weighted by Crippen LogP contribution is 2.35. The van der Waals surface area contributed by atoms with Gasteiger partial charge in [-0.25, -0.2) is 8.78 Å². The molecule has 0 fully saturated rings. The molecule has 3 aromatic carbocycles. The Kier molecular flexibility index (Phi) is 5.97. The fourth-order valence-corrected chi connectivity index (χ4v) is 4.22. The van der Waals surface area contributed by atoms with Crippen molar-refractivity contribution in [3.05, 3.63) is 125 Å². The summed E-state index contributed by atoms with van der Waals surface area (Å²) in [7, 11) is 0. The van der Waals surface area contributed by atoms with Gasteiger partial charge in [0.2, 0.25) is 0 Å². The number of aromatic nitrogens is 2. The van der Waals surface area contributed by atoms with Crippen LogP contribution in [0.25, 0.3) is 10.9 Å². The molecule has 7 heteroatoms. The molecular weight excluding hydrogens is 446 g/mol. The van der Waals surface area contributed by atoms with Crippen LogP contribution in [-0.4, -0.2) is 15.9 Å². The topological polar surface area (TPSA) is 69.8 Å². The van der Waals surface area contributed by atoms with Gasteiger partial charge >= 0.3 is 0 Å². The fraction of sp³-hybridized carbons (Fsp3) is 0.0714. The first-order valence-corrected chi connectivity index (χ1v) is 11.1. The van der Waals surface area contributed by atoms with Crippen molar-refractivity contribution in [2.24, 2.45) is 0 Å². The molecule has 0 aliphatic heterocycles. The third-order valence-corrected chi connectivity index (χ3v) is 5.86. The normalized spacial score (nSPS) is 11.9. The van der Waals surface area contributed by atoms with E-state index >= 15 is 0 Å². The van der Waals surface area contributed by atoms with Crippen LogP contribution < -0.4 is 10.6 Å². The predicted octanol–water partition coefficient (Wildman–Crippen LogP) is 6.60. The zero-order valence-corrected chi connectivity index (χ0v) is 18.8. The molecule has 35 heavy (non-hydrogen) atoms. The maximum Gasteiger partial charge on any atom is 0.258 e. The number of benzene rings is 3. The molecule has 1 amide bonds. The quantitative estimate of drug-likeness (QED) is 0.263. The summed E-state index contributed by atoms with van der Waals surface area (Å²) in [4.78, 5) is 20.6. The van der Waals surface area contributed by atoms with Crippen LogP contribution in [0.15, 0.2) is 91.1 Å². The summed E-state index contributed by atoms with van der Waals surface area (Å²) in [6, 6.07) is 22.8. The minimum atomic E-state index is -0.589. The number of halogens is 2. The second kappa shape index (κ2) is 9.38. The highest BCUT2D eigenvalue weighted by atomic mass is 19.1. The monoisotopic (exact) mass is 468 g/mol. The lowest BCUT2D eigenvalue weighted by Crippen LogP contribution is -2.16. The summed E-state index contributed by atoms with van der Waals surface area (Å²) in [6.07, 6.45) is 1.69. The van der Waals surface area contributed by atoms with E-state index in [0.717, 1.165) is 22.2 Å². The minimum absolute atomic E-state index is 0.0364. The van der Waals surface area contributed by atoms with Crippen LogP contribution >= 0.6 is 0 Å². The number of hydrogen-bond donors (Lipinski definition) is 3. The van der Waals surface area contributed by atoms with Crippen LogP contribution in [0.3, 0.4) is 0 Å². The van der Waals surface area contributed by atoms with Crippen molar-refractivity contribution in [3.63, 3.8) is 0 Å². The Morgan fingerprint density at radius 1 is 0.914 bits per heavy atom. The lowest BCUT2D eigenvalue weighted by atomic mass is 9.98. The number of aryl methyl sites for hydroxylation is 1. The third kappa shape index (κ3) is 4.48. The number of fused-ring (bicyclic) bond motifs is 1. The van der Waals surface area contributed by atoms with Crippen LogP contribution in [-0.2, 0) is 0 Å². The van der Waals surface area contributed by atoms with E-state index in [0.29, 0.717) is 17.1 Å². The van der Waals surface area contributed by atoms with E-state index in [1.54, 1.807) is 36.5 Å². The number of nitrogens with zero attached hydrogens (tertiary/aromatic N) is 1. The molecule has 5 aromatic rings. The summed E-state index contributed by atoms with van der Waals surface area (Å²) in [5.41, 5.74) is 4.11. The molecule has 5 rings (SSSR count). The molecule has 0 saturated heterocycles. The van der Waals surface area contributed by atoms with Crippen molar-refractivity contribution >= 4 is 28.2 Å². The van der Waals surface area contributed by atoms with E-state index in [-0.39, 0.29) is 11.4 Å². The van der Waals surface area contributed by atoms with Gasteiger partial charge in [-0.2, -0.15) is 0 Å². The highest BCUT2D eigenvalue weighted by molar-refractivity contribution is 6.05. The molecule has 1 atom stereocenters. The second-order valence-electron chi connectivity index (χ2n) is 8.17. The zero-order chi connectivity index (χ0) is 24.4. The molecular formula is C28H22F2N4O. The number of nitrogens with one attached hydrogen (secondary N) is 3. The van der Waals surface area contributed by atoms with E-state index < -0.39 is 17.8 Å². The SMILES string of the molecule is Cc1[nH]c2ccc(NC(=O)c3ccccc3F)cc2c1C(Nc1ccccc1F)c1ccccn1. The van der Waals surface area contributed by atoms with Gasteiger partial charge in [0, 0.05) is 34.0 Å². The molecule has 174 valence electrons. The first kappa shape index (κ1) is 22.3. The van der Waals surface area contributed by atoms with Crippen molar-refractivity contribution in [2.75, 3.05) is 10.6 Å². The van der Waals surface area contributed by atoms with Crippen molar-refractivity contribution in [3.8, 4) is 0 Å². The highest BCUT2D eigenvalue weighted by Gasteiger charge is 2.23. The molecule has 0 bridgehead atoms. The molecule has 3 N–H and O–H groups in total. The Balaban J connectivity index is 1.58. The van der Waals surface area contributed by atoms with Gasteiger partial charge in [0.15, 0.2) is 0 Å². The van der Waals surface area contributed by atoms with Gasteiger partial charge in [0.05, 0.1) is 23.0 Å². The van der Waals surface area contributed by atoms with Crippen LogP contribution in [0.4, 0.5) is 20.2 Å². The molecule has 0 aliphatic rings. The fourth-order valence-electron chi connectivity index (χ4n) is 4.22. The van der Waals surface area contributed by atoms with Gasteiger partial charge < -0.3 is 15.6 Å². The number of carbonyl (C=O) groups excluding carboxylic acids is 1. The first-order valence-electron chi connectivity index (χ1n) is 11.1. The maximum absolute atomic E-state index is 14.6.